The van der Waals surface area contributed by atoms with Crippen molar-refractivity contribution < 1.29 is 0 Å². The van der Waals surface area contributed by atoms with Crippen molar-refractivity contribution >= 4 is 42.1 Å². The Bertz CT molecular complexity index is 588. The Balaban J connectivity index is 2.42. The van der Waals surface area contributed by atoms with Gasteiger partial charge in [-0.25, -0.2) is 0 Å². The van der Waals surface area contributed by atoms with Gasteiger partial charge in [0, 0.05) is 0 Å². The minimum absolute atomic E-state index is 0.578. The van der Waals surface area contributed by atoms with E-state index in [1.165, 1.54) is 22.8 Å². The van der Waals surface area contributed by atoms with Crippen molar-refractivity contribution in [1.82, 2.24) is 9.97 Å². The first-order valence-electron chi connectivity index (χ1n) is 9.14. The third kappa shape index (κ3) is 4.56. The third-order valence-electron chi connectivity index (χ3n) is 4.69. The Morgan fingerprint density at radius 3 is 1.22 bits per heavy atom. The van der Waals surface area contributed by atoms with Crippen molar-refractivity contribution in [3.05, 3.63) is 34.9 Å². The summed E-state index contributed by atoms with van der Waals surface area (Å²) in [6.45, 7) is 18.4. The van der Waals surface area contributed by atoms with Crippen molar-refractivity contribution in [2.24, 2.45) is 0 Å². The molecule has 0 bridgehead atoms. The first-order valence-corrected chi connectivity index (χ1v) is 12.6. The number of nitrogens with one attached hydrogen (secondary N) is 2. The van der Waals surface area contributed by atoms with Crippen molar-refractivity contribution in [3.8, 4) is 0 Å². The van der Waals surface area contributed by atoms with Crippen LogP contribution in [0.15, 0.2) is 12.1 Å². The van der Waals surface area contributed by atoms with Gasteiger partial charge < -0.3 is 0 Å². The molecule has 0 unspecified atom stereocenters. The second kappa shape index (κ2) is 7.95. The third-order valence-corrected chi connectivity index (χ3v) is 9.44. The Morgan fingerprint density at radius 1 is 0.609 bits per heavy atom. The maximum atomic E-state index is 3.72. The molecule has 2 nitrogen and oxygen atoms in total. The molecule has 23 heavy (non-hydrogen) atoms. The second-order valence-corrected chi connectivity index (χ2v) is 12.7. The van der Waals surface area contributed by atoms with Gasteiger partial charge in [-0.15, -0.1) is 0 Å². The average Bonchev–Trinajstić information content (AvgIpc) is 3.03. The van der Waals surface area contributed by atoms with Crippen LogP contribution in [0.4, 0.5) is 0 Å². The molecule has 0 saturated carbocycles. The first-order chi connectivity index (χ1) is 10.7. The van der Waals surface area contributed by atoms with Crippen molar-refractivity contribution in [2.45, 2.75) is 79.1 Å². The molecule has 0 saturated heterocycles. The summed E-state index contributed by atoms with van der Waals surface area (Å²) in [4.78, 5) is 7.44. The van der Waals surface area contributed by atoms with Gasteiger partial charge in [0.15, 0.2) is 0 Å². The summed E-state index contributed by atoms with van der Waals surface area (Å²) < 4.78 is 3.34. The zero-order valence-electron chi connectivity index (χ0n) is 16.2. The van der Waals surface area contributed by atoms with Crippen LogP contribution in [0.5, 0.6) is 0 Å². The Morgan fingerprint density at radius 2 is 0.957 bits per heavy atom. The van der Waals surface area contributed by atoms with Crippen LogP contribution in [-0.2, 0) is 0 Å². The quantitative estimate of drug-likeness (QED) is 0.684. The van der Waals surface area contributed by atoms with Gasteiger partial charge in [-0.1, -0.05) is 0 Å². The van der Waals surface area contributed by atoms with Crippen LogP contribution in [-0.4, -0.2) is 51.0 Å². The van der Waals surface area contributed by atoms with Gasteiger partial charge in [-0.05, 0) is 0 Å². The van der Waals surface area contributed by atoms with Crippen LogP contribution < -0.4 is 1.07 Å². The van der Waals surface area contributed by atoms with Crippen molar-refractivity contribution in [2.75, 3.05) is 0 Å². The molecule has 0 aliphatic rings. The molecule has 0 aliphatic carbocycles. The number of hydrogen-bond acceptors (Lipinski definition) is 0. The Hall–Kier alpha value is 0.0405. The molecule has 0 radical (unpaired) electrons. The molecule has 0 fully saturated rings. The normalized spacial score (nSPS) is 12.0. The molecule has 0 aliphatic heterocycles. The predicted molar refractivity (Wildman–Crippen MR) is 103 cm³/mol. The van der Waals surface area contributed by atoms with Gasteiger partial charge >= 0.3 is 166 Å². The monoisotopic (exact) mass is 388 g/mol. The van der Waals surface area contributed by atoms with E-state index >= 15 is 0 Å². The summed E-state index contributed by atoms with van der Waals surface area (Å²) in [7, 11) is 0. The van der Waals surface area contributed by atoms with Crippen molar-refractivity contribution in [3.63, 3.8) is 0 Å². The minimum atomic E-state index is -1.22. The molecule has 3 heteroatoms. The number of aromatic amines is 2. The number of aromatic nitrogens is 2. The predicted octanol–water partition coefficient (Wildman–Crippen LogP) is 4.49. The molecule has 0 atom stereocenters. The van der Waals surface area contributed by atoms with Crippen LogP contribution in [0.25, 0.3) is 0 Å². The number of rotatable bonds is 6. The van der Waals surface area contributed by atoms with Gasteiger partial charge in [0.2, 0.25) is 0 Å². The number of hydrogen-bond donors (Lipinski definition) is 2. The molecular weight excluding hydrogens is 356 g/mol. The summed E-state index contributed by atoms with van der Waals surface area (Å²) in [5.74, 6) is 2.32. The summed E-state index contributed by atoms with van der Waals surface area (Å²) in [6.07, 6.45) is 0. The van der Waals surface area contributed by atoms with E-state index in [2.05, 4.69) is 77.5 Å². The van der Waals surface area contributed by atoms with E-state index in [0.717, 1.165) is 0 Å². The van der Waals surface area contributed by atoms with Gasteiger partial charge in [-0.2, -0.15) is 0 Å². The summed E-state index contributed by atoms with van der Waals surface area (Å²) in [5, 5.41) is 0. The number of H-pyrrole nitrogens is 2. The van der Waals surface area contributed by atoms with E-state index in [1.54, 1.807) is 1.07 Å². The van der Waals surface area contributed by atoms with Crippen LogP contribution in [0.2, 0.25) is 0 Å². The standard InChI is InChI=1S/2C10H16N.Sr/c2*1-7(2)9-5-6-10(11-9)8(3)4;/h2*5,7-8,11H,1-4H3;. The van der Waals surface area contributed by atoms with Crippen molar-refractivity contribution in [1.29, 1.82) is 0 Å². The van der Waals surface area contributed by atoms with Gasteiger partial charge in [-0.3, -0.25) is 0 Å². The fourth-order valence-corrected chi connectivity index (χ4v) is 9.19. The second-order valence-electron chi connectivity index (χ2n) is 8.12. The van der Waals surface area contributed by atoms with Gasteiger partial charge in [0.1, 0.15) is 0 Å². The molecule has 2 heterocycles. The van der Waals surface area contributed by atoms with E-state index in [-0.39, 0.29) is 0 Å². The van der Waals surface area contributed by atoms with E-state index < -0.39 is 41.0 Å². The Labute approximate surface area is 164 Å². The van der Waals surface area contributed by atoms with Crippen LogP contribution in [0.3, 0.4) is 0 Å². The maximum absolute atomic E-state index is 3.72. The fourth-order valence-electron chi connectivity index (χ4n) is 3.22. The zero-order valence-corrected chi connectivity index (χ0v) is 19.6. The van der Waals surface area contributed by atoms with Gasteiger partial charge in [0.05, 0.1) is 0 Å². The topological polar surface area (TPSA) is 31.6 Å². The van der Waals surface area contributed by atoms with E-state index in [1.807, 2.05) is 0 Å². The molecule has 124 valence electrons. The zero-order chi connectivity index (χ0) is 17.3. The molecular formula is C20H32N2Sr. The van der Waals surface area contributed by atoms with Crippen LogP contribution >= 0.6 is 0 Å². The fraction of sp³-hybridized carbons (Fsp3) is 0.600. The molecule has 2 rings (SSSR count). The Kier molecular flexibility index (Phi) is 6.69. The average molecular weight is 388 g/mol. The molecule has 0 spiro atoms. The molecule has 2 aromatic heterocycles. The first kappa shape index (κ1) is 19.4. The van der Waals surface area contributed by atoms with Gasteiger partial charge in [0.25, 0.3) is 0 Å². The summed E-state index contributed by atoms with van der Waals surface area (Å²) in [6, 6.07) is 4.95. The van der Waals surface area contributed by atoms with E-state index in [4.69, 9.17) is 0 Å². The molecule has 0 aromatic carbocycles. The SMILES string of the molecule is CC(C)c1c[c]([Sr][c]2cc(C(C)C)[nH]c2C(C)C)c(C(C)C)[nH]1. The molecule has 2 aromatic rings. The van der Waals surface area contributed by atoms with E-state index in [9.17, 15) is 0 Å². The van der Waals surface area contributed by atoms with E-state index in [0.29, 0.717) is 23.7 Å². The summed E-state index contributed by atoms with van der Waals surface area (Å²) >= 11 is -1.22. The van der Waals surface area contributed by atoms with Crippen LogP contribution in [0, 0.1) is 0 Å². The molecule has 2 N–H and O–H groups in total. The molecule has 0 amide bonds. The summed E-state index contributed by atoms with van der Waals surface area (Å²) in [5.41, 5.74) is 5.80. The van der Waals surface area contributed by atoms with Crippen LogP contribution in [0.1, 0.15) is 102 Å².